The van der Waals surface area contributed by atoms with E-state index in [1.807, 2.05) is 55.5 Å². The summed E-state index contributed by atoms with van der Waals surface area (Å²) in [5, 5.41) is 8.63. The van der Waals surface area contributed by atoms with Crippen LogP contribution in [0.3, 0.4) is 0 Å². The van der Waals surface area contributed by atoms with E-state index in [1.54, 1.807) is 11.1 Å². The smallest absolute Gasteiger partial charge is 0.245 e. The number of benzene rings is 4. The van der Waals surface area contributed by atoms with Crippen LogP contribution in [0, 0.1) is 5.92 Å². The van der Waals surface area contributed by atoms with Gasteiger partial charge in [0.1, 0.15) is 5.75 Å². The van der Waals surface area contributed by atoms with E-state index in [1.165, 1.54) is 0 Å². The zero-order valence-electron chi connectivity index (χ0n) is 18.9. The first kappa shape index (κ1) is 21.6. The molecule has 4 aromatic rings. The van der Waals surface area contributed by atoms with Crippen molar-refractivity contribution in [2.45, 2.75) is 13.3 Å². The number of fused-ring (bicyclic) bond motifs is 2. The molecule has 0 unspecified atom stereocenters. The molecule has 6 heteroatoms. The SMILES string of the molecule is CCOc1ccc(N2C[C@@H](C(=O)N/N=C\c3c4ccccc4cc4ccccc34)CC2=O)cc1. The van der Waals surface area contributed by atoms with Crippen LogP contribution in [-0.2, 0) is 9.59 Å². The lowest BCUT2D eigenvalue weighted by Gasteiger charge is -2.17. The summed E-state index contributed by atoms with van der Waals surface area (Å²) in [4.78, 5) is 27.0. The van der Waals surface area contributed by atoms with Crippen LogP contribution in [0.15, 0.2) is 84.0 Å². The Hall–Kier alpha value is -4.19. The van der Waals surface area contributed by atoms with Crippen molar-refractivity contribution in [2.24, 2.45) is 11.0 Å². The van der Waals surface area contributed by atoms with Gasteiger partial charge in [-0.1, -0.05) is 48.5 Å². The fourth-order valence-electron chi connectivity index (χ4n) is 4.46. The van der Waals surface area contributed by atoms with Crippen LogP contribution in [0.1, 0.15) is 18.9 Å². The van der Waals surface area contributed by atoms with Gasteiger partial charge < -0.3 is 9.64 Å². The molecule has 34 heavy (non-hydrogen) atoms. The maximum Gasteiger partial charge on any atom is 0.245 e. The predicted octanol–water partition coefficient (Wildman–Crippen LogP) is 4.89. The second-order valence-electron chi connectivity index (χ2n) is 8.30. The van der Waals surface area contributed by atoms with E-state index in [9.17, 15) is 9.59 Å². The minimum atomic E-state index is -0.458. The molecule has 1 N–H and O–H groups in total. The molecule has 6 nitrogen and oxygen atoms in total. The highest BCUT2D eigenvalue weighted by molar-refractivity contribution is 6.13. The summed E-state index contributed by atoms with van der Waals surface area (Å²) in [6, 6.07) is 25.7. The van der Waals surface area contributed by atoms with E-state index in [2.05, 4.69) is 40.9 Å². The zero-order valence-corrected chi connectivity index (χ0v) is 18.9. The molecule has 1 aliphatic heterocycles. The molecule has 2 amide bonds. The summed E-state index contributed by atoms with van der Waals surface area (Å²) in [6.45, 7) is 2.83. The second-order valence-corrected chi connectivity index (χ2v) is 8.30. The Morgan fingerprint density at radius 1 is 1.03 bits per heavy atom. The molecule has 0 radical (unpaired) electrons. The van der Waals surface area contributed by atoms with E-state index in [0.29, 0.717) is 13.2 Å². The molecule has 0 spiro atoms. The third-order valence-electron chi connectivity index (χ3n) is 6.14. The first-order chi connectivity index (χ1) is 16.6. The molecule has 0 aromatic heterocycles. The number of amides is 2. The lowest BCUT2D eigenvalue weighted by molar-refractivity contribution is -0.126. The Labute approximate surface area is 197 Å². The third kappa shape index (κ3) is 4.22. The van der Waals surface area contributed by atoms with Gasteiger partial charge in [0, 0.05) is 24.2 Å². The van der Waals surface area contributed by atoms with Crippen LogP contribution in [0.25, 0.3) is 21.5 Å². The minimum absolute atomic E-state index is 0.0756. The number of hydrogen-bond donors (Lipinski definition) is 1. The molecule has 5 rings (SSSR count). The van der Waals surface area contributed by atoms with Gasteiger partial charge in [-0.15, -0.1) is 0 Å². The molecular formula is C28H25N3O3. The highest BCUT2D eigenvalue weighted by atomic mass is 16.5. The molecule has 1 heterocycles. The van der Waals surface area contributed by atoms with Gasteiger partial charge in [0.25, 0.3) is 0 Å². The van der Waals surface area contributed by atoms with Crippen LogP contribution in [-0.4, -0.2) is 31.2 Å². The Morgan fingerprint density at radius 2 is 1.68 bits per heavy atom. The molecule has 1 aliphatic rings. The van der Waals surface area contributed by atoms with Crippen molar-refractivity contribution >= 4 is 45.3 Å². The maximum absolute atomic E-state index is 12.8. The van der Waals surface area contributed by atoms with Crippen LogP contribution in [0.4, 0.5) is 5.69 Å². The first-order valence-electron chi connectivity index (χ1n) is 11.4. The van der Waals surface area contributed by atoms with Gasteiger partial charge in [-0.3, -0.25) is 9.59 Å². The Kier molecular flexibility index (Phi) is 5.95. The van der Waals surface area contributed by atoms with Gasteiger partial charge in [-0.25, -0.2) is 5.43 Å². The average Bonchev–Trinajstić information content (AvgIpc) is 3.26. The third-order valence-corrected chi connectivity index (χ3v) is 6.14. The summed E-state index contributed by atoms with van der Waals surface area (Å²) in [7, 11) is 0. The Bertz CT molecular complexity index is 1340. The summed E-state index contributed by atoms with van der Waals surface area (Å²) in [5.74, 6) is -0.0427. The van der Waals surface area contributed by atoms with Gasteiger partial charge in [0.2, 0.25) is 11.8 Å². The average molecular weight is 452 g/mol. The fraction of sp³-hybridized carbons (Fsp3) is 0.179. The van der Waals surface area contributed by atoms with Crippen LogP contribution < -0.4 is 15.1 Å². The molecule has 1 fully saturated rings. The molecular weight excluding hydrogens is 426 g/mol. The number of hydrogen-bond acceptors (Lipinski definition) is 4. The number of anilines is 1. The molecule has 1 atom stereocenters. The molecule has 0 aliphatic carbocycles. The normalized spacial score (nSPS) is 16.0. The highest BCUT2D eigenvalue weighted by Crippen LogP contribution is 2.28. The van der Waals surface area contributed by atoms with Crippen LogP contribution in [0.5, 0.6) is 5.75 Å². The van der Waals surface area contributed by atoms with E-state index < -0.39 is 5.92 Å². The number of carbonyl (C=O) groups excluding carboxylic acids is 2. The molecule has 0 saturated carbocycles. The molecule has 4 aromatic carbocycles. The number of nitrogens with one attached hydrogen (secondary N) is 1. The van der Waals surface area contributed by atoms with Crippen molar-refractivity contribution in [1.29, 1.82) is 0 Å². The van der Waals surface area contributed by atoms with Crippen molar-refractivity contribution in [2.75, 3.05) is 18.1 Å². The highest BCUT2D eigenvalue weighted by Gasteiger charge is 2.35. The van der Waals surface area contributed by atoms with Crippen molar-refractivity contribution in [1.82, 2.24) is 5.43 Å². The Morgan fingerprint density at radius 3 is 2.32 bits per heavy atom. The maximum atomic E-state index is 12.8. The predicted molar refractivity (Wildman–Crippen MR) is 135 cm³/mol. The largest absolute Gasteiger partial charge is 0.494 e. The first-order valence-corrected chi connectivity index (χ1v) is 11.4. The number of carbonyl (C=O) groups is 2. The van der Waals surface area contributed by atoms with Gasteiger partial charge in [0.15, 0.2) is 0 Å². The quantitative estimate of drug-likeness (QED) is 0.258. The molecule has 170 valence electrons. The second kappa shape index (κ2) is 9.35. The fourth-order valence-corrected chi connectivity index (χ4v) is 4.46. The Balaban J connectivity index is 1.31. The summed E-state index contributed by atoms with van der Waals surface area (Å²) in [5.41, 5.74) is 4.36. The van der Waals surface area contributed by atoms with Crippen molar-refractivity contribution < 1.29 is 14.3 Å². The number of nitrogens with zero attached hydrogens (tertiary/aromatic N) is 2. The monoisotopic (exact) mass is 451 g/mol. The van der Waals surface area contributed by atoms with Gasteiger partial charge >= 0.3 is 0 Å². The van der Waals surface area contributed by atoms with Crippen LogP contribution in [0.2, 0.25) is 0 Å². The van der Waals surface area contributed by atoms with E-state index in [-0.39, 0.29) is 18.2 Å². The van der Waals surface area contributed by atoms with Gasteiger partial charge in [-0.05, 0) is 58.8 Å². The number of rotatable bonds is 6. The topological polar surface area (TPSA) is 71.0 Å². The van der Waals surface area contributed by atoms with E-state index >= 15 is 0 Å². The minimum Gasteiger partial charge on any atom is -0.494 e. The number of ether oxygens (including phenoxy) is 1. The summed E-state index contributed by atoms with van der Waals surface area (Å²) >= 11 is 0. The summed E-state index contributed by atoms with van der Waals surface area (Å²) in [6.07, 6.45) is 1.86. The zero-order chi connectivity index (χ0) is 23.5. The standard InChI is InChI=1S/C28H25N3O3/c1-2-34-23-13-11-22(12-14-23)31-18-21(16-27(31)32)28(33)30-29-17-26-24-9-5-3-7-19(24)15-20-8-4-6-10-25(20)26/h3-15,17,21H,2,16,18H2,1H3,(H,30,33)/b29-17-/t21-/m0/s1. The van der Waals surface area contributed by atoms with Crippen molar-refractivity contribution in [3.8, 4) is 5.75 Å². The lowest BCUT2D eigenvalue weighted by atomic mass is 9.97. The lowest BCUT2D eigenvalue weighted by Crippen LogP contribution is -2.30. The van der Waals surface area contributed by atoms with Crippen molar-refractivity contribution in [3.05, 3.63) is 84.4 Å². The van der Waals surface area contributed by atoms with Crippen LogP contribution >= 0.6 is 0 Å². The van der Waals surface area contributed by atoms with E-state index in [4.69, 9.17) is 4.74 Å². The molecule has 1 saturated heterocycles. The number of hydrazone groups is 1. The van der Waals surface area contributed by atoms with Gasteiger partial charge in [0.05, 0.1) is 18.7 Å². The van der Waals surface area contributed by atoms with E-state index in [0.717, 1.165) is 38.5 Å². The van der Waals surface area contributed by atoms with Gasteiger partial charge in [-0.2, -0.15) is 5.10 Å². The molecule has 0 bridgehead atoms. The van der Waals surface area contributed by atoms with Crippen molar-refractivity contribution in [3.63, 3.8) is 0 Å². The summed E-state index contributed by atoms with van der Waals surface area (Å²) < 4.78 is 5.46.